The number of hydrogen-bond donors (Lipinski definition) is 3. The number of likely N-dealkylation sites (tertiary alicyclic amines) is 1. The summed E-state index contributed by atoms with van der Waals surface area (Å²) in [7, 11) is -0.833. The Bertz CT molecular complexity index is 765. The van der Waals surface area contributed by atoms with Crippen LogP contribution in [0.1, 0.15) is 12.8 Å². The molecule has 2 amide bonds. The Balaban J connectivity index is 0.000000701. The van der Waals surface area contributed by atoms with Gasteiger partial charge in [-0.3, -0.25) is 14.9 Å². The molecule has 0 aromatic heterocycles. The van der Waals surface area contributed by atoms with E-state index in [0.29, 0.717) is 12.8 Å². The van der Waals surface area contributed by atoms with Gasteiger partial charge in [0.05, 0.1) is 0 Å². The van der Waals surface area contributed by atoms with Crippen molar-refractivity contribution < 1.29 is 29.5 Å². The maximum atomic E-state index is 11.7. The second-order valence-corrected chi connectivity index (χ2v) is 5.45. The van der Waals surface area contributed by atoms with Crippen molar-refractivity contribution in [2.75, 3.05) is 6.67 Å². The van der Waals surface area contributed by atoms with Crippen molar-refractivity contribution in [3.63, 3.8) is 0 Å². The second kappa shape index (κ2) is 9.03. The van der Waals surface area contributed by atoms with E-state index >= 15 is 0 Å². The van der Waals surface area contributed by atoms with Gasteiger partial charge in [-0.05, 0) is 18.2 Å². The lowest BCUT2D eigenvalue weighted by atomic mass is 10.0. The predicted molar refractivity (Wildman–Crippen MR) is 90.9 cm³/mol. The third-order valence-electron chi connectivity index (χ3n) is 3.80. The molecule has 1 saturated heterocycles. The Labute approximate surface area is 146 Å². The molecular formula is C17H18N2O5P+. The predicted octanol–water partition coefficient (Wildman–Crippen LogP) is 1.55. The summed E-state index contributed by atoms with van der Waals surface area (Å²) in [5, 5.41) is 11.9. The van der Waals surface area contributed by atoms with E-state index in [1.54, 1.807) is 12.1 Å². The molecule has 1 fully saturated rings. The molecule has 0 atom stereocenters. The lowest BCUT2D eigenvalue weighted by Crippen LogP contribution is -2.82. The van der Waals surface area contributed by atoms with Gasteiger partial charge in [-0.25, -0.2) is 9.46 Å². The number of phenolic OH excluding ortho intramolecular Hbond substituents is 1. The Morgan fingerprint density at radius 2 is 1.48 bits per heavy atom. The van der Waals surface area contributed by atoms with E-state index < -0.39 is 8.69 Å². The van der Waals surface area contributed by atoms with Crippen molar-refractivity contribution in [2.45, 2.75) is 12.8 Å². The van der Waals surface area contributed by atoms with Crippen LogP contribution in [0.15, 0.2) is 48.5 Å². The number of benzene rings is 2. The van der Waals surface area contributed by atoms with Crippen molar-refractivity contribution in [3.8, 4) is 16.9 Å². The van der Waals surface area contributed by atoms with Gasteiger partial charge in [-0.15, -0.1) is 0 Å². The molecule has 2 aromatic rings. The van der Waals surface area contributed by atoms with Crippen molar-refractivity contribution in [2.24, 2.45) is 0 Å². The molecule has 1 aliphatic rings. The smallest absolute Gasteiger partial charge is 0.324 e. The maximum Gasteiger partial charge on any atom is 0.324 e. The molecule has 2 aromatic carbocycles. The molecule has 0 bridgehead atoms. The topological polar surface area (TPSA) is 112 Å². The fourth-order valence-electron chi connectivity index (χ4n) is 2.64. The minimum absolute atomic E-state index is 0.124. The minimum Gasteiger partial charge on any atom is -0.507 e. The molecular weight excluding hydrogens is 343 g/mol. The highest BCUT2D eigenvalue weighted by Gasteiger charge is 2.30. The fourth-order valence-corrected chi connectivity index (χ4v) is 2.64. The first-order chi connectivity index (χ1) is 12.1. The Hall–Kier alpha value is -2.60. The lowest BCUT2D eigenvalue weighted by Gasteiger charge is -2.14. The summed E-state index contributed by atoms with van der Waals surface area (Å²) in [5.41, 5.74) is 2.49. The average molecular weight is 361 g/mol. The van der Waals surface area contributed by atoms with Crippen LogP contribution in [0.4, 0.5) is 5.69 Å². The summed E-state index contributed by atoms with van der Waals surface area (Å²) in [6, 6.07) is 14.7. The van der Waals surface area contributed by atoms with Crippen molar-refractivity contribution in [3.05, 3.63) is 48.5 Å². The van der Waals surface area contributed by atoms with Gasteiger partial charge in [-0.2, -0.15) is 0 Å². The highest BCUT2D eigenvalue weighted by molar-refractivity contribution is 7.16. The molecule has 0 spiro atoms. The van der Waals surface area contributed by atoms with Gasteiger partial charge in [-0.1, -0.05) is 30.3 Å². The summed E-state index contributed by atoms with van der Waals surface area (Å²) in [6.45, 7) is 0.266. The summed E-state index contributed by atoms with van der Waals surface area (Å²) in [5.74, 6) is -0.0424. The summed E-state index contributed by atoms with van der Waals surface area (Å²) >= 11 is 0. The van der Waals surface area contributed by atoms with Crippen LogP contribution in [0.5, 0.6) is 5.75 Å². The van der Waals surface area contributed by atoms with Gasteiger partial charge in [0.2, 0.25) is 11.8 Å². The van der Waals surface area contributed by atoms with Gasteiger partial charge in [0.15, 0.2) is 6.67 Å². The van der Waals surface area contributed by atoms with Crippen LogP contribution in [-0.4, -0.2) is 33.4 Å². The molecule has 7 nitrogen and oxygen atoms in total. The number of quaternary nitrogens is 1. The fraction of sp³-hybridized carbons (Fsp3) is 0.176. The van der Waals surface area contributed by atoms with Gasteiger partial charge in [0.1, 0.15) is 11.4 Å². The van der Waals surface area contributed by atoms with E-state index in [2.05, 4.69) is 0 Å². The van der Waals surface area contributed by atoms with Gasteiger partial charge < -0.3 is 10.00 Å². The van der Waals surface area contributed by atoms with E-state index in [9.17, 15) is 14.7 Å². The van der Waals surface area contributed by atoms with E-state index in [0.717, 1.165) is 16.8 Å². The molecule has 8 heteroatoms. The van der Waals surface area contributed by atoms with Crippen LogP contribution >= 0.6 is 8.69 Å². The summed E-state index contributed by atoms with van der Waals surface area (Å²) in [6.07, 6.45) is 0.599. The van der Waals surface area contributed by atoms with Gasteiger partial charge in [0.25, 0.3) is 0 Å². The molecule has 130 valence electrons. The zero-order valence-corrected chi connectivity index (χ0v) is 14.2. The first-order valence-electron chi connectivity index (χ1n) is 7.59. The maximum absolute atomic E-state index is 11.7. The highest BCUT2D eigenvalue weighted by atomic mass is 31.1. The standard InChI is InChI=1S/C17H16N2O3.HO2P/c20-15-8-4-2-6-13(15)12-5-1-3-7-14(12)18-11-19-16(21)9-10-17(19)22;1-3-2/h1-8,18,20H,9-11H2;(H,1,2)/p+1. The number of imide groups is 1. The monoisotopic (exact) mass is 361 g/mol. The SMILES string of the molecule is O=C1CCC(=O)N1C[NH2+]c1ccccc1-c1ccccc1O.O=PO. The molecule has 0 unspecified atom stereocenters. The lowest BCUT2D eigenvalue weighted by molar-refractivity contribution is -0.585. The van der Waals surface area contributed by atoms with E-state index in [-0.39, 0.29) is 24.2 Å². The summed E-state index contributed by atoms with van der Waals surface area (Å²) < 4.78 is 8.46. The van der Waals surface area contributed by atoms with E-state index in [1.165, 1.54) is 4.90 Å². The number of phenols is 1. The summed E-state index contributed by atoms with van der Waals surface area (Å²) in [4.78, 5) is 31.6. The minimum atomic E-state index is -0.833. The van der Waals surface area contributed by atoms with Crippen molar-refractivity contribution >= 4 is 26.2 Å². The van der Waals surface area contributed by atoms with E-state index in [1.807, 2.05) is 41.7 Å². The van der Waals surface area contributed by atoms with E-state index in [4.69, 9.17) is 9.46 Å². The Morgan fingerprint density at radius 3 is 2.08 bits per heavy atom. The van der Waals surface area contributed by atoms with Crippen LogP contribution in [-0.2, 0) is 14.2 Å². The first kappa shape index (κ1) is 18.7. The molecule has 4 N–H and O–H groups in total. The zero-order chi connectivity index (χ0) is 18.2. The molecule has 0 saturated carbocycles. The van der Waals surface area contributed by atoms with Gasteiger partial charge in [0, 0.05) is 24.0 Å². The molecule has 3 rings (SSSR count). The number of nitrogens with zero attached hydrogens (tertiary/aromatic N) is 1. The number of aromatic hydroxyl groups is 1. The Morgan fingerprint density at radius 1 is 0.960 bits per heavy atom. The number of hydrogen-bond acceptors (Lipinski definition) is 4. The van der Waals surface area contributed by atoms with Crippen LogP contribution in [0.25, 0.3) is 11.1 Å². The molecule has 0 aliphatic carbocycles. The number of nitrogens with two attached hydrogens (primary N) is 1. The van der Waals surface area contributed by atoms with Crippen molar-refractivity contribution in [1.29, 1.82) is 0 Å². The number of rotatable bonds is 4. The third-order valence-corrected chi connectivity index (χ3v) is 3.80. The molecule has 0 radical (unpaired) electrons. The van der Waals surface area contributed by atoms with Crippen LogP contribution in [0.3, 0.4) is 0 Å². The average Bonchev–Trinajstić information content (AvgIpc) is 2.93. The third kappa shape index (κ3) is 4.70. The van der Waals surface area contributed by atoms with Crippen LogP contribution < -0.4 is 5.32 Å². The number of carbonyl (C=O) groups excluding carboxylic acids is 2. The second-order valence-electron chi connectivity index (χ2n) is 5.29. The largest absolute Gasteiger partial charge is 0.507 e. The molecule has 25 heavy (non-hydrogen) atoms. The highest BCUT2D eigenvalue weighted by Crippen LogP contribution is 2.31. The van der Waals surface area contributed by atoms with Crippen LogP contribution in [0, 0.1) is 0 Å². The van der Waals surface area contributed by atoms with Gasteiger partial charge >= 0.3 is 8.69 Å². The quantitative estimate of drug-likeness (QED) is 0.435. The molecule has 1 aliphatic heterocycles. The number of carbonyl (C=O) groups is 2. The number of amides is 2. The first-order valence-corrected chi connectivity index (χ1v) is 8.35. The van der Waals surface area contributed by atoms with Crippen molar-refractivity contribution in [1.82, 2.24) is 4.90 Å². The van der Waals surface area contributed by atoms with Crippen LogP contribution in [0.2, 0.25) is 0 Å². The number of para-hydroxylation sites is 2. The molecule has 1 heterocycles. The normalized spacial score (nSPS) is 13.7. The zero-order valence-electron chi connectivity index (χ0n) is 13.3. The Kier molecular flexibility index (Phi) is 6.77.